The second-order valence-corrected chi connectivity index (χ2v) is 5.07. The molecule has 1 unspecified atom stereocenters. The summed E-state index contributed by atoms with van der Waals surface area (Å²) in [5, 5.41) is 18.9. The Labute approximate surface area is 126 Å². The van der Waals surface area contributed by atoms with Crippen LogP contribution in [0.15, 0.2) is 54.6 Å². The van der Waals surface area contributed by atoms with Gasteiger partial charge in [0.1, 0.15) is 6.04 Å². The third-order valence-corrected chi connectivity index (χ3v) is 3.59. The van der Waals surface area contributed by atoms with Gasteiger partial charge < -0.3 is 5.11 Å². The molecule has 3 heteroatoms. The lowest BCUT2D eigenvalue weighted by Crippen LogP contribution is -2.30. The number of rotatable bonds is 6. The van der Waals surface area contributed by atoms with Crippen LogP contribution in [0.4, 0.5) is 0 Å². The maximum absolute atomic E-state index is 9.61. The van der Waals surface area contributed by atoms with E-state index in [2.05, 4.69) is 6.07 Å². The molecule has 0 bridgehead atoms. The van der Waals surface area contributed by atoms with Crippen molar-refractivity contribution in [3.8, 4) is 6.07 Å². The van der Waals surface area contributed by atoms with Crippen molar-refractivity contribution in [1.29, 1.82) is 5.26 Å². The SMILES string of the molecule is Cc1ccccc1C(C#N)N(CCO)Cc1ccccc1. The average Bonchev–Trinajstić information content (AvgIpc) is 2.51. The van der Waals surface area contributed by atoms with E-state index in [0.717, 1.165) is 16.7 Å². The van der Waals surface area contributed by atoms with Gasteiger partial charge in [0, 0.05) is 13.1 Å². The van der Waals surface area contributed by atoms with E-state index < -0.39 is 0 Å². The van der Waals surface area contributed by atoms with Crippen molar-refractivity contribution in [3.05, 3.63) is 71.3 Å². The van der Waals surface area contributed by atoms with Gasteiger partial charge >= 0.3 is 0 Å². The van der Waals surface area contributed by atoms with Crippen LogP contribution in [0.25, 0.3) is 0 Å². The number of benzene rings is 2. The Morgan fingerprint density at radius 1 is 1.10 bits per heavy atom. The summed E-state index contributed by atoms with van der Waals surface area (Å²) in [6.07, 6.45) is 0. The molecule has 2 aromatic carbocycles. The number of aliphatic hydroxyl groups is 1. The zero-order valence-electron chi connectivity index (χ0n) is 12.2. The summed E-state index contributed by atoms with van der Waals surface area (Å²) in [5.41, 5.74) is 3.24. The highest BCUT2D eigenvalue weighted by Crippen LogP contribution is 2.24. The lowest BCUT2D eigenvalue weighted by Gasteiger charge is -2.27. The van der Waals surface area contributed by atoms with E-state index in [1.54, 1.807) is 0 Å². The topological polar surface area (TPSA) is 47.3 Å². The maximum atomic E-state index is 9.61. The van der Waals surface area contributed by atoms with Crippen molar-refractivity contribution in [1.82, 2.24) is 4.90 Å². The summed E-state index contributed by atoms with van der Waals surface area (Å²) in [5.74, 6) is 0. The molecule has 0 heterocycles. The Balaban J connectivity index is 2.27. The molecule has 0 saturated carbocycles. The molecule has 0 amide bonds. The van der Waals surface area contributed by atoms with E-state index in [9.17, 15) is 10.4 Å². The van der Waals surface area contributed by atoms with Crippen LogP contribution in [0.5, 0.6) is 0 Å². The third kappa shape index (κ3) is 3.91. The molecule has 0 aliphatic rings. The van der Waals surface area contributed by atoms with E-state index in [4.69, 9.17) is 0 Å². The van der Waals surface area contributed by atoms with Crippen LogP contribution in [0, 0.1) is 18.3 Å². The normalized spacial score (nSPS) is 12.1. The van der Waals surface area contributed by atoms with Crippen molar-refractivity contribution in [2.24, 2.45) is 0 Å². The minimum atomic E-state index is -0.349. The second-order valence-electron chi connectivity index (χ2n) is 5.07. The molecule has 1 atom stereocenters. The van der Waals surface area contributed by atoms with E-state index in [1.807, 2.05) is 66.4 Å². The molecule has 1 N–H and O–H groups in total. The van der Waals surface area contributed by atoms with Crippen LogP contribution in [0.1, 0.15) is 22.7 Å². The molecule has 3 nitrogen and oxygen atoms in total. The zero-order chi connectivity index (χ0) is 15.1. The molecule has 0 radical (unpaired) electrons. The Morgan fingerprint density at radius 3 is 2.38 bits per heavy atom. The molecule has 0 fully saturated rings. The van der Waals surface area contributed by atoms with Crippen molar-refractivity contribution < 1.29 is 5.11 Å². The number of nitriles is 1. The fraction of sp³-hybridized carbons (Fsp3) is 0.278. The first kappa shape index (κ1) is 15.2. The summed E-state index contributed by atoms with van der Waals surface area (Å²) >= 11 is 0. The monoisotopic (exact) mass is 280 g/mol. The third-order valence-electron chi connectivity index (χ3n) is 3.59. The first-order chi connectivity index (χ1) is 10.3. The highest BCUT2D eigenvalue weighted by atomic mass is 16.3. The lowest BCUT2D eigenvalue weighted by atomic mass is 10.0. The standard InChI is InChI=1S/C18H20N2O/c1-15-7-5-6-10-17(15)18(13-19)20(11-12-21)14-16-8-3-2-4-9-16/h2-10,18,21H,11-12,14H2,1H3. The molecule has 21 heavy (non-hydrogen) atoms. The molecular weight excluding hydrogens is 260 g/mol. The van der Waals surface area contributed by atoms with Gasteiger partial charge in [-0.1, -0.05) is 54.6 Å². The highest BCUT2D eigenvalue weighted by molar-refractivity contribution is 5.32. The van der Waals surface area contributed by atoms with Crippen LogP contribution in [0.3, 0.4) is 0 Å². The number of aryl methyl sites for hydroxylation is 1. The fourth-order valence-electron chi connectivity index (χ4n) is 2.49. The van der Waals surface area contributed by atoms with Gasteiger partial charge in [-0.05, 0) is 23.6 Å². The predicted octanol–water partition coefficient (Wildman–Crippen LogP) is 3.05. The summed E-state index contributed by atoms with van der Waals surface area (Å²) in [7, 11) is 0. The molecular formula is C18H20N2O. The first-order valence-corrected chi connectivity index (χ1v) is 7.10. The smallest absolute Gasteiger partial charge is 0.124 e. The predicted molar refractivity (Wildman–Crippen MR) is 83.5 cm³/mol. The Bertz CT molecular complexity index is 604. The van der Waals surface area contributed by atoms with Gasteiger partial charge in [-0.25, -0.2) is 0 Å². The van der Waals surface area contributed by atoms with Gasteiger partial charge in [-0.2, -0.15) is 5.26 Å². The minimum Gasteiger partial charge on any atom is -0.395 e. The molecule has 0 aliphatic heterocycles. The molecule has 0 spiro atoms. The van der Waals surface area contributed by atoms with Gasteiger partial charge in [-0.15, -0.1) is 0 Å². The second kappa shape index (κ2) is 7.58. The van der Waals surface area contributed by atoms with Gasteiger partial charge in [0.25, 0.3) is 0 Å². The largest absolute Gasteiger partial charge is 0.395 e. The molecule has 0 aromatic heterocycles. The van der Waals surface area contributed by atoms with E-state index in [1.165, 1.54) is 0 Å². The van der Waals surface area contributed by atoms with E-state index in [-0.39, 0.29) is 12.6 Å². The van der Waals surface area contributed by atoms with Crippen molar-refractivity contribution in [3.63, 3.8) is 0 Å². The summed E-state index contributed by atoms with van der Waals surface area (Å²) in [4.78, 5) is 2.01. The van der Waals surface area contributed by atoms with Gasteiger partial charge in [0.15, 0.2) is 0 Å². The minimum absolute atomic E-state index is 0.0386. The number of nitrogens with zero attached hydrogens (tertiary/aromatic N) is 2. The number of hydrogen-bond acceptors (Lipinski definition) is 3. The molecule has 2 aromatic rings. The van der Waals surface area contributed by atoms with Gasteiger partial charge in [0.2, 0.25) is 0 Å². The van der Waals surface area contributed by atoms with Gasteiger partial charge in [-0.3, -0.25) is 4.90 Å². The number of aliphatic hydroxyl groups excluding tert-OH is 1. The van der Waals surface area contributed by atoms with Gasteiger partial charge in [0.05, 0.1) is 12.7 Å². The quantitative estimate of drug-likeness (QED) is 0.884. The Hall–Kier alpha value is -2.15. The summed E-state index contributed by atoms with van der Waals surface area (Å²) < 4.78 is 0. The van der Waals surface area contributed by atoms with Crippen molar-refractivity contribution >= 4 is 0 Å². The fourth-order valence-corrected chi connectivity index (χ4v) is 2.49. The van der Waals surface area contributed by atoms with Crippen LogP contribution in [-0.4, -0.2) is 23.2 Å². The van der Waals surface area contributed by atoms with Crippen LogP contribution >= 0.6 is 0 Å². The molecule has 0 aliphatic carbocycles. The maximum Gasteiger partial charge on any atom is 0.124 e. The van der Waals surface area contributed by atoms with Crippen molar-refractivity contribution in [2.45, 2.75) is 19.5 Å². The van der Waals surface area contributed by atoms with Crippen molar-refractivity contribution in [2.75, 3.05) is 13.2 Å². The van der Waals surface area contributed by atoms with Crippen LogP contribution in [-0.2, 0) is 6.54 Å². The molecule has 2 rings (SSSR count). The summed E-state index contributed by atoms with van der Waals surface area (Å²) in [6, 6.07) is 20.0. The Kier molecular flexibility index (Phi) is 5.51. The molecule has 0 saturated heterocycles. The first-order valence-electron chi connectivity index (χ1n) is 7.10. The molecule has 108 valence electrons. The zero-order valence-corrected chi connectivity index (χ0v) is 12.2. The average molecular weight is 280 g/mol. The van der Waals surface area contributed by atoms with E-state index >= 15 is 0 Å². The van der Waals surface area contributed by atoms with E-state index in [0.29, 0.717) is 13.1 Å². The Morgan fingerprint density at radius 2 is 1.76 bits per heavy atom. The lowest BCUT2D eigenvalue weighted by molar-refractivity contribution is 0.167. The highest BCUT2D eigenvalue weighted by Gasteiger charge is 2.21. The number of hydrogen-bond donors (Lipinski definition) is 1. The van der Waals surface area contributed by atoms with Crippen LogP contribution in [0.2, 0.25) is 0 Å². The van der Waals surface area contributed by atoms with Crippen LogP contribution < -0.4 is 0 Å². The summed E-state index contributed by atoms with van der Waals surface area (Å²) in [6.45, 7) is 3.17.